The first-order chi connectivity index (χ1) is 17.9. The molecule has 0 heterocycles. The number of hydrogen-bond acceptors (Lipinski definition) is 4. The number of benzene rings is 3. The first kappa shape index (κ1) is 27.9. The second-order valence-electron chi connectivity index (χ2n) is 9.14. The molecule has 5 nitrogen and oxygen atoms in total. The molecule has 3 aromatic carbocycles. The van der Waals surface area contributed by atoms with Crippen LogP contribution in [-0.2, 0) is 9.53 Å². The molecule has 0 aliphatic heterocycles. The molecule has 1 amide bonds. The molecule has 0 saturated heterocycles. The smallest absolute Gasteiger partial charge is 0.307 e. The number of esters is 1. The van der Waals surface area contributed by atoms with Crippen LogP contribution >= 0.6 is 0 Å². The molecule has 6 heteroatoms. The Morgan fingerprint density at radius 1 is 0.946 bits per heavy atom. The average Bonchev–Trinajstić information content (AvgIpc) is 2.91. The lowest BCUT2D eigenvalue weighted by Crippen LogP contribution is -2.26. The van der Waals surface area contributed by atoms with E-state index in [0.29, 0.717) is 5.56 Å². The molecule has 0 spiro atoms. The third-order valence-electron chi connectivity index (χ3n) is 6.34. The number of methoxy groups -OCH3 is 1. The van der Waals surface area contributed by atoms with Crippen LogP contribution in [0.4, 0.5) is 4.39 Å². The maximum absolute atomic E-state index is 13.3. The molecule has 0 saturated carbocycles. The zero-order valence-corrected chi connectivity index (χ0v) is 21.9. The third-order valence-corrected chi connectivity index (χ3v) is 6.34. The van der Waals surface area contributed by atoms with E-state index in [2.05, 4.69) is 17.0 Å². The quantitative estimate of drug-likeness (QED) is 0.197. The van der Waals surface area contributed by atoms with Gasteiger partial charge >= 0.3 is 5.97 Å². The summed E-state index contributed by atoms with van der Waals surface area (Å²) in [6.07, 6.45) is 5.37. The topological polar surface area (TPSA) is 64.6 Å². The van der Waals surface area contributed by atoms with E-state index < -0.39 is 0 Å². The number of rotatable bonds is 13. The molecular weight excluding hydrogens is 469 g/mol. The van der Waals surface area contributed by atoms with E-state index in [-0.39, 0.29) is 36.8 Å². The van der Waals surface area contributed by atoms with Gasteiger partial charge in [0.2, 0.25) is 0 Å². The van der Waals surface area contributed by atoms with Crippen molar-refractivity contribution < 1.29 is 23.5 Å². The summed E-state index contributed by atoms with van der Waals surface area (Å²) in [4.78, 5) is 23.7. The number of nitrogens with one attached hydrogen (secondary N) is 1. The van der Waals surface area contributed by atoms with E-state index in [1.807, 2.05) is 37.3 Å². The van der Waals surface area contributed by atoms with E-state index in [9.17, 15) is 14.0 Å². The lowest BCUT2D eigenvalue weighted by molar-refractivity contribution is -0.140. The van der Waals surface area contributed by atoms with Crippen LogP contribution in [0.2, 0.25) is 0 Å². The summed E-state index contributed by atoms with van der Waals surface area (Å²) in [6, 6.07) is 19.9. The van der Waals surface area contributed by atoms with Crippen molar-refractivity contribution in [2.24, 2.45) is 0 Å². The number of carbonyl (C=O) groups is 2. The first-order valence-corrected chi connectivity index (χ1v) is 12.9. The molecule has 1 N–H and O–H groups in total. The van der Waals surface area contributed by atoms with Gasteiger partial charge in [-0.15, -0.1) is 0 Å². The van der Waals surface area contributed by atoms with Crippen molar-refractivity contribution in [3.8, 4) is 16.9 Å². The minimum atomic E-state index is -0.361. The Kier molecular flexibility index (Phi) is 10.7. The largest absolute Gasteiger partial charge is 0.486 e. The predicted molar refractivity (Wildman–Crippen MR) is 144 cm³/mol. The van der Waals surface area contributed by atoms with Gasteiger partial charge in [0.1, 0.15) is 17.7 Å². The van der Waals surface area contributed by atoms with E-state index in [1.54, 1.807) is 24.3 Å². The standard InChI is InChI=1S/C31H36FNO4/c1-4-5-6-7-8-29(24-9-11-25(12-10-24)31(35)33-20-19-30(34)36-3)37-27-17-18-28(22(2)21-27)23-13-15-26(32)16-14-23/h9-18,21,29H,4-8,19-20H2,1-3H3,(H,33,35). The molecule has 3 aromatic rings. The van der Waals surface area contributed by atoms with Crippen LogP contribution in [-0.4, -0.2) is 25.5 Å². The fourth-order valence-electron chi connectivity index (χ4n) is 4.21. The summed E-state index contributed by atoms with van der Waals surface area (Å²) >= 11 is 0. The van der Waals surface area contributed by atoms with Gasteiger partial charge in [-0.25, -0.2) is 4.39 Å². The Balaban J connectivity index is 1.72. The highest BCUT2D eigenvalue weighted by Crippen LogP contribution is 2.31. The summed E-state index contributed by atoms with van der Waals surface area (Å²) in [5, 5.41) is 2.74. The van der Waals surface area contributed by atoms with Crippen molar-refractivity contribution in [3.63, 3.8) is 0 Å². The second-order valence-corrected chi connectivity index (χ2v) is 9.14. The van der Waals surface area contributed by atoms with Gasteiger partial charge in [-0.1, -0.05) is 56.5 Å². The van der Waals surface area contributed by atoms with Crippen molar-refractivity contribution in [1.29, 1.82) is 0 Å². The van der Waals surface area contributed by atoms with Gasteiger partial charge in [0.25, 0.3) is 5.91 Å². The molecule has 196 valence electrons. The fourth-order valence-corrected chi connectivity index (χ4v) is 4.21. The lowest BCUT2D eigenvalue weighted by Gasteiger charge is -2.21. The summed E-state index contributed by atoms with van der Waals surface area (Å²) < 4.78 is 24.4. The molecule has 0 radical (unpaired) electrons. The molecular formula is C31H36FNO4. The van der Waals surface area contributed by atoms with E-state index in [1.165, 1.54) is 25.7 Å². The van der Waals surface area contributed by atoms with Crippen molar-refractivity contribution >= 4 is 11.9 Å². The zero-order chi connectivity index (χ0) is 26.6. The molecule has 0 aliphatic rings. The van der Waals surface area contributed by atoms with Gasteiger partial charge in [-0.3, -0.25) is 9.59 Å². The van der Waals surface area contributed by atoms with Crippen molar-refractivity contribution in [2.45, 2.75) is 58.5 Å². The van der Waals surface area contributed by atoms with Gasteiger partial charge in [-0.05, 0) is 78.4 Å². The first-order valence-electron chi connectivity index (χ1n) is 12.9. The number of halogens is 1. The molecule has 37 heavy (non-hydrogen) atoms. The predicted octanol–water partition coefficient (Wildman–Crippen LogP) is 7.18. The summed E-state index contributed by atoms with van der Waals surface area (Å²) in [5.74, 6) is -0.0760. The number of carbonyl (C=O) groups excluding carboxylic acids is 2. The molecule has 1 unspecified atom stereocenters. The van der Waals surface area contributed by atoms with Gasteiger partial charge in [-0.2, -0.15) is 0 Å². The van der Waals surface area contributed by atoms with Crippen LogP contribution in [0.15, 0.2) is 66.7 Å². The summed E-state index contributed by atoms with van der Waals surface area (Å²) in [6.45, 7) is 4.44. The minimum absolute atomic E-state index is 0.132. The van der Waals surface area contributed by atoms with Crippen LogP contribution in [0.5, 0.6) is 5.75 Å². The lowest BCUT2D eigenvalue weighted by atomic mass is 9.99. The normalized spacial score (nSPS) is 11.6. The van der Waals surface area contributed by atoms with E-state index >= 15 is 0 Å². The maximum atomic E-state index is 13.3. The van der Waals surface area contributed by atoms with Crippen molar-refractivity contribution in [2.75, 3.05) is 13.7 Å². The zero-order valence-electron chi connectivity index (χ0n) is 21.9. The van der Waals surface area contributed by atoms with Gasteiger partial charge in [0, 0.05) is 12.1 Å². The minimum Gasteiger partial charge on any atom is -0.486 e. The number of ether oxygens (including phenoxy) is 2. The highest BCUT2D eigenvalue weighted by Gasteiger charge is 2.16. The number of unbranched alkanes of at least 4 members (excludes halogenated alkanes) is 3. The molecule has 1 atom stereocenters. The van der Waals surface area contributed by atoms with Crippen LogP contribution in [0.3, 0.4) is 0 Å². The molecule has 3 rings (SSSR count). The number of amides is 1. The molecule has 0 aromatic heterocycles. The van der Waals surface area contributed by atoms with Gasteiger partial charge in [0.05, 0.1) is 13.5 Å². The number of hydrogen-bond donors (Lipinski definition) is 1. The molecule has 0 aliphatic carbocycles. The molecule has 0 bridgehead atoms. The Hall–Kier alpha value is -3.67. The SMILES string of the molecule is CCCCCCC(Oc1ccc(-c2ccc(F)cc2)c(C)c1)c1ccc(C(=O)NCCC(=O)OC)cc1. The monoisotopic (exact) mass is 505 g/mol. The Morgan fingerprint density at radius 2 is 1.68 bits per heavy atom. The average molecular weight is 506 g/mol. The van der Waals surface area contributed by atoms with E-state index in [4.69, 9.17) is 4.74 Å². The number of aryl methyl sites for hydroxylation is 1. The van der Waals surface area contributed by atoms with Crippen molar-refractivity contribution in [1.82, 2.24) is 5.32 Å². The summed E-state index contributed by atoms with van der Waals surface area (Å²) in [5.41, 5.74) is 4.57. The Morgan fingerprint density at radius 3 is 2.32 bits per heavy atom. The Labute approximate surface area is 219 Å². The molecule has 0 fully saturated rings. The fraction of sp³-hybridized carbons (Fsp3) is 0.355. The van der Waals surface area contributed by atoms with Gasteiger partial charge in [0.15, 0.2) is 0 Å². The van der Waals surface area contributed by atoms with Crippen LogP contribution < -0.4 is 10.1 Å². The third kappa shape index (κ3) is 8.45. The van der Waals surface area contributed by atoms with Crippen LogP contribution in [0, 0.1) is 12.7 Å². The van der Waals surface area contributed by atoms with E-state index in [0.717, 1.165) is 53.7 Å². The second kappa shape index (κ2) is 14.2. The maximum Gasteiger partial charge on any atom is 0.307 e. The van der Waals surface area contributed by atoms with Crippen LogP contribution in [0.25, 0.3) is 11.1 Å². The summed E-state index contributed by atoms with van der Waals surface area (Å²) in [7, 11) is 1.32. The van der Waals surface area contributed by atoms with Crippen LogP contribution in [0.1, 0.15) is 73.0 Å². The Bertz CT molecular complexity index is 1160. The highest BCUT2D eigenvalue weighted by atomic mass is 19.1. The van der Waals surface area contributed by atoms with Crippen molar-refractivity contribution in [3.05, 3.63) is 89.2 Å². The van der Waals surface area contributed by atoms with Gasteiger partial charge < -0.3 is 14.8 Å². The highest BCUT2D eigenvalue weighted by molar-refractivity contribution is 5.94.